The van der Waals surface area contributed by atoms with Crippen LogP contribution in [0, 0.1) is 0 Å². The maximum absolute atomic E-state index is 4.68. The molecule has 4 heteroatoms. The number of nitrogens with one attached hydrogen (secondary N) is 1. The largest absolute Gasteiger partial charge is 0.319 e. The summed E-state index contributed by atoms with van der Waals surface area (Å²) in [7, 11) is 1.99. The van der Waals surface area contributed by atoms with Gasteiger partial charge in [-0.15, -0.1) is 0 Å². The molecule has 0 aliphatic rings. The van der Waals surface area contributed by atoms with Crippen molar-refractivity contribution >= 4 is 11.8 Å². The van der Waals surface area contributed by atoms with E-state index >= 15 is 0 Å². The monoisotopic (exact) mass is 253 g/mol. The van der Waals surface area contributed by atoms with Gasteiger partial charge in [-0.2, -0.15) is 11.8 Å². The number of aromatic nitrogens is 2. The highest BCUT2D eigenvalue weighted by molar-refractivity contribution is 7.97. The molecule has 0 saturated heterocycles. The third kappa shape index (κ3) is 3.96. The summed E-state index contributed by atoms with van der Waals surface area (Å²) >= 11 is 1.78. The summed E-state index contributed by atoms with van der Waals surface area (Å²) in [6, 6.07) is 0. The van der Waals surface area contributed by atoms with Crippen LogP contribution in [0.4, 0.5) is 0 Å². The van der Waals surface area contributed by atoms with Crippen LogP contribution in [0.2, 0.25) is 0 Å². The van der Waals surface area contributed by atoms with Gasteiger partial charge in [0.1, 0.15) is 5.82 Å². The second kappa shape index (κ2) is 7.67. The highest BCUT2D eigenvalue weighted by Crippen LogP contribution is 2.16. The van der Waals surface area contributed by atoms with Crippen LogP contribution in [-0.4, -0.2) is 29.8 Å². The Hall–Kier alpha value is -0.610. The summed E-state index contributed by atoms with van der Waals surface area (Å²) in [6.07, 6.45) is 5.11. The molecular formula is C13H23N3S. The number of hydrogen-bond acceptors (Lipinski definition) is 4. The summed E-state index contributed by atoms with van der Waals surface area (Å²) in [6.45, 7) is 5.34. The molecule has 96 valence electrons. The molecule has 0 unspecified atom stereocenters. The first-order valence-electron chi connectivity index (χ1n) is 6.27. The molecule has 0 bridgehead atoms. The minimum absolute atomic E-state index is 0.909. The van der Waals surface area contributed by atoms with Crippen LogP contribution in [-0.2, 0) is 25.0 Å². The maximum Gasteiger partial charge on any atom is 0.138 e. The summed E-state index contributed by atoms with van der Waals surface area (Å²) in [5.74, 6) is 1.89. The molecule has 1 aromatic rings. The first kappa shape index (κ1) is 14.5. The summed E-state index contributed by atoms with van der Waals surface area (Å²) in [5.41, 5.74) is 3.82. The van der Waals surface area contributed by atoms with Gasteiger partial charge >= 0.3 is 0 Å². The number of nitrogens with zero attached hydrogens (tertiary/aromatic N) is 2. The normalized spacial score (nSPS) is 10.8. The van der Waals surface area contributed by atoms with Crippen molar-refractivity contribution < 1.29 is 0 Å². The van der Waals surface area contributed by atoms with E-state index in [4.69, 9.17) is 0 Å². The van der Waals surface area contributed by atoms with Crippen LogP contribution in [0.1, 0.15) is 36.6 Å². The molecule has 17 heavy (non-hydrogen) atoms. The number of rotatable bonds is 7. The first-order valence-corrected chi connectivity index (χ1v) is 7.67. The molecule has 0 amide bonds. The van der Waals surface area contributed by atoms with Gasteiger partial charge in [0.2, 0.25) is 0 Å². The van der Waals surface area contributed by atoms with Crippen LogP contribution in [0.5, 0.6) is 0 Å². The lowest BCUT2D eigenvalue weighted by Gasteiger charge is -2.13. The zero-order chi connectivity index (χ0) is 12.7. The molecule has 0 radical (unpaired) electrons. The molecule has 0 aromatic carbocycles. The molecule has 0 atom stereocenters. The zero-order valence-corrected chi connectivity index (χ0v) is 12.2. The van der Waals surface area contributed by atoms with Gasteiger partial charge in [-0.1, -0.05) is 13.8 Å². The molecular weight excluding hydrogens is 230 g/mol. The second-order valence-corrected chi connectivity index (χ2v) is 4.87. The van der Waals surface area contributed by atoms with Crippen molar-refractivity contribution in [2.75, 3.05) is 19.8 Å². The van der Waals surface area contributed by atoms with Crippen molar-refractivity contribution in [3.05, 3.63) is 22.8 Å². The van der Waals surface area contributed by atoms with Crippen LogP contribution in [0.15, 0.2) is 0 Å². The fraction of sp³-hybridized carbons (Fsp3) is 0.692. The molecule has 0 aliphatic carbocycles. The number of likely N-dealkylation sites (N-methyl/N-ethyl adjacent to an activating group) is 1. The Labute approximate surface area is 109 Å². The van der Waals surface area contributed by atoms with Crippen molar-refractivity contribution in [3.8, 4) is 0 Å². The Morgan fingerprint density at radius 3 is 2.12 bits per heavy atom. The number of hydrogen-bond donors (Lipinski definition) is 1. The van der Waals surface area contributed by atoms with E-state index in [1.807, 2.05) is 7.05 Å². The maximum atomic E-state index is 4.68. The van der Waals surface area contributed by atoms with E-state index in [0.717, 1.165) is 37.4 Å². The minimum atomic E-state index is 0.909. The third-order valence-electron chi connectivity index (χ3n) is 2.79. The van der Waals surface area contributed by atoms with E-state index in [2.05, 4.69) is 35.4 Å². The van der Waals surface area contributed by atoms with Crippen molar-refractivity contribution in [3.63, 3.8) is 0 Å². The Balaban J connectivity index is 3.07. The van der Waals surface area contributed by atoms with E-state index in [9.17, 15) is 0 Å². The van der Waals surface area contributed by atoms with Gasteiger partial charge in [0, 0.05) is 11.4 Å². The van der Waals surface area contributed by atoms with E-state index < -0.39 is 0 Å². The predicted molar refractivity (Wildman–Crippen MR) is 75.6 cm³/mol. The Morgan fingerprint density at radius 2 is 1.71 bits per heavy atom. The van der Waals surface area contributed by atoms with Crippen LogP contribution >= 0.6 is 11.8 Å². The van der Waals surface area contributed by atoms with E-state index in [1.54, 1.807) is 11.8 Å². The van der Waals surface area contributed by atoms with Gasteiger partial charge in [-0.3, -0.25) is 0 Å². The third-order valence-corrected chi connectivity index (χ3v) is 3.34. The van der Waals surface area contributed by atoms with Crippen molar-refractivity contribution in [1.82, 2.24) is 15.3 Å². The molecule has 0 saturated carbocycles. The zero-order valence-electron chi connectivity index (χ0n) is 11.3. The molecule has 1 rings (SSSR count). The summed E-state index contributed by atoms with van der Waals surface area (Å²) < 4.78 is 0. The lowest BCUT2D eigenvalue weighted by atomic mass is 10.0. The average Bonchev–Trinajstić information content (AvgIpc) is 2.36. The number of thioether (sulfide) groups is 1. The Kier molecular flexibility index (Phi) is 6.52. The van der Waals surface area contributed by atoms with Gasteiger partial charge in [0.25, 0.3) is 0 Å². The molecule has 1 heterocycles. The fourth-order valence-corrected chi connectivity index (χ4v) is 2.34. The second-order valence-electron chi connectivity index (χ2n) is 4.01. The lowest BCUT2D eigenvalue weighted by Crippen LogP contribution is -2.16. The van der Waals surface area contributed by atoms with Gasteiger partial charge in [-0.25, -0.2) is 9.97 Å². The highest BCUT2D eigenvalue weighted by atomic mass is 32.2. The highest BCUT2D eigenvalue weighted by Gasteiger charge is 2.11. The van der Waals surface area contributed by atoms with Crippen molar-refractivity contribution in [2.24, 2.45) is 0 Å². The summed E-state index contributed by atoms with van der Waals surface area (Å²) in [5, 5.41) is 3.20. The van der Waals surface area contributed by atoms with Gasteiger partial charge in [0.15, 0.2) is 0 Å². The molecule has 0 spiro atoms. The quantitative estimate of drug-likeness (QED) is 0.808. The number of aryl methyl sites for hydroxylation is 2. The van der Waals surface area contributed by atoms with Crippen molar-refractivity contribution in [2.45, 2.75) is 38.9 Å². The molecule has 1 aromatic heterocycles. The first-order chi connectivity index (χ1) is 8.26. The van der Waals surface area contributed by atoms with E-state index in [-0.39, 0.29) is 0 Å². The SMILES string of the molecule is CCc1nc(CSC)nc(CC)c1CCNC. The molecule has 0 aliphatic heterocycles. The van der Waals surface area contributed by atoms with E-state index in [1.165, 1.54) is 17.0 Å². The minimum Gasteiger partial charge on any atom is -0.319 e. The molecule has 1 N–H and O–H groups in total. The predicted octanol–water partition coefficient (Wildman–Crippen LogP) is 2.23. The topological polar surface area (TPSA) is 37.8 Å². The summed E-state index contributed by atoms with van der Waals surface area (Å²) in [4.78, 5) is 9.37. The van der Waals surface area contributed by atoms with Crippen LogP contribution in [0.3, 0.4) is 0 Å². The molecule has 0 fully saturated rings. The molecule has 3 nitrogen and oxygen atoms in total. The van der Waals surface area contributed by atoms with Gasteiger partial charge < -0.3 is 5.32 Å². The van der Waals surface area contributed by atoms with Crippen LogP contribution < -0.4 is 5.32 Å². The standard InChI is InChI=1S/C13H23N3S/c1-5-11-10(7-8-14-3)12(6-2)16-13(15-11)9-17-4/h14H,5-9H2,1-4H3. The van der Waals surface area contributed by atoms with E-state index in [0.29, 0.717) is 0 Å². The fourth-order valence-electron chi connectivity index (χ4n) is 1.96. The lowest BCUT2D eigenvalue weighted by molar-refractivity contribution is 0.751. The Bertz CT molecular complexity index is 328. The smallest absolute Gasteiger partial charge is 0.138 e. The average molecular weight is 253 g/mol. The van der Waals surface area contributed by atoms with Gasteiger partial charge in [-0.05, 0) is 44.7 Å². The van der Waals surface area contributed by atoms with Gasteiger partial charge in [0.05, 0.1) is 5.75 Å². The Morgan fingerprint density at radius 1 is 1.12 bits per heavy atom. The van der Waals surface area contributed by atoms with Crippen LogP contribution in [0.25, 0.3) is 0 Å². The van der Waals surface area contributed by atoms with Crippen molar-refractivity contribution in [1.29, 1.82) is 0 Å².